The van der Waals surface area contributed by atoms with Gasteiger partial charge in [-0.1, -0.05) is 11.6 Å². The van der Waals surface area contributed by atoms with Crippen LogP contribution in [0.3, 0.4) is 0 Å². The quantitative estimate of drug-likeness (QED) is 0.598. The summed E-state index contributed by atoms with van der Waals surface area (Å²) in [6, 6.07) is 8.19. The number of anilines is 1. The summed E-state index contributed by atoms with van der Waals surface area (Å²) in [6.07, 6.45) is 1.37. The number of halogens is 2. The molecular formula is C17H14ClFN2O3. The van der Waals surface area contributed by atoms with Gasteiger partial charge in [0.1, 0.15) is 10.8 Å². The van der Waals surface area contributed by atoms with Gasteiger partial charge in [0.15, 0.2) is 0 Å². The summed E-state index contributed by atoms with van der Waals surface area (Å²) in [5, 5.41) is 11.0. The molecule has 0 N–H and O–H groups in total. The average molecular weight is 349 g/mol. The number of hydrogen-bond acceptors (Lipinski definition) is 3. The van der Waals surface area contributed by atoms with E-state index in [4.69, 9.17) is 11.6 Å². The number of fused-ring (bicyclic) bond motifs is 1. The molecule has 5 nitrogen and oxygen atoms in total. The Kier molecular flexibility index (Phi) is 4.24. The van der Waals surface area contributed by atoms with E-state index < -0.39 is 4.92 Å². The van der Waals surface area contributed by atoms with Crippen LogP contribution in [0, 0.1) is 15.9 Å². The molecule has 1 aliphatic heterocycles. The lowest BCUT2D eigenvalue weighted by Crippen LogP contribution is -2.42. The fourth-order valence-electron chi connectivity index (χ4n) is 2.95. The molecule has 7 heteroatoms. The van der Waals surface area contributed by atoms with E-state index in [1.165, 1.54) is 30.3 Å². The highest BCUT2D eigenvalue weighted by Gasteiger charge is 2.30. The Balaban J connectivity index is 2.04. The van der Waals surface area contributed by atoms with Crippen molar-refractivity contribution in [1.29, 1.82) is 0 Å². The minimum Gasteiger partial charge on any atom is -0.305 e. The maximum absolute atomic E-state index is 13.4. The summed E-state index contributed by atoms with van der Waals surface area (Å²) >= 11 is 5.80. The van der Waals surface area contributed by atoms with Crippen LogP contribution >= 0.6 is 11.6 Å². The Labute approximate surface area is 142 Å². The molecule has 1 atom stereocenters. The van der Waals surface area contributed by atoms with Crippen molar-refractivity contribution >= 4 is 28.9 Å². The Morgan fingerprint density at radius 3 is 2.79 bits per heavy atom. The number of benzene rings is 2. The summed E-state index contributed by atoms with van der Waals surface area (Å²) in [6.45, 7) is 1.90. The molecule has 1 heterocycles. The van der Waals surface area contributed by atoms with E-state index in [9.17, 15) is 19.3 Å². The fourth-order valence-corrected chi connectivity index (χ4v) is 3.14. The summed E-state index contributed by atoms with van der Waals surface area (Å²) < 4.78 is 13.4. The highest BCUT2D eigenvalue weighted by atomic mass is 35.5. The van der Waals surface area contributed by atoms with Crippen LogP contribution < -0.4 is 4.90 Å². The molecule has 0 spiro atoms. The van der Waals surface area contributed by atoms with E-state index in [-0.39, 0.29) is 34.0 Å². The molecule has 1 amide bonds. The molecule has 3 rings (SSSR count). The minimum absolute atomic E-state index is 0.0225. The first-order valence-electron chi connectivity index (χ1n) is 7.44. The fraction of sp³-hybridized carbons (Fsp3) is 0.235. The first-order chi connectivity index (χ1) is 11.4. The molecular weight excluding hydrogens is 335 g/mol. The Morgan fingerprint density at radius 1 is 1.33 bits per heavy atom. The third-order valence-corrected chi connectivity index (χ3v) is 4.50. The average Bonchev–Trinajstić information content (AvgIpc) is 2.54. The van der Waals surface area contributed by atoms with Gasteiger partial charge in [-0.25, -0.2) is 4.39 Å². The van der Waals surface area contributed by atoms with E-state index in [0.717, 1.165) is 5.56 Å². The largest absolute Gasteiger partial charge is 0.305 e. The smallest absolute Gasteiger partial charge is 0.288 e. The van der Waals surface area contributed by atoms with Crippen molar-refractivity contribution in [3.8, 4) is 0 Å². The number of carbonyl (C=O) groups excluding carboxylic acids is 1. The van der Waals surface area contributed by atoms with Crippen LogP contribution in [-0.2, 0) is 6.42 Å². The molecule has 124 valence electrons. The number of rotatable bonds is 2. The van der Waals surface area contributed by atoms with Crippen LogP contribution in [-0.4, -0.2) is 16.9 Å². The lowest BCUT2D eigenvalue weighted by molar-refractivity contribution is -0.384. The van der Waals surface area contributed by atoms with Gasteiger partial charge < -0.3 is 4.90 Å². The molecule has 0 saturated carbocycles. The molecule has 0 fully saturated rings. The van der Waals surface area contributed by atoms with Crippen LogP contribution in [0.1, 0.15) is 29.3 Å². The second-order valence-corrected chi connectivity index (χ2v) is 6.17. The van der Waals surface area contributed by atoms with Crippen LogP contribution in [0.4, 0.5) is 15.8 Å². The van der Waals surface area contributed by atoms with Crippen molar-refractivity contribution in [3.05, 3.63) is 68.5 Å². The maximum atomic E-state index is 13.4. The summed E-state index contributed by atoms with van der Waals surface area (Å²) in [5.41, 5.74) is 1.25. The zero-order valence-electron chi connectivity index (χ0n) is 12.8. The molecule has 0 aromatic heterocycles. The molecule has 1 unspecified atom stereocenters. The molecule has 0 bridgehead atoms. The van der Waals surface area contributed by atoms with Gasteiger partial charge in [0.05, 0.1) is 4.92 Å². The summed E-state index contributed by atoms with van der Waals surface area (Å²) in [4.78, 5) is 24.9. The molecule has 24 heavy (non-hydrogen) atoms. The normalized spacial score (nSPS) is 16.6. The first kappa shape index (κ1) is 16.4. The second-order valence-electron chi connectivity index (χ2n) is 5.76. The van der Waals surface area contributed by atoms with Gasteiger partial charge in [-0.15, -0.1) is 0 Å². The molecule has 0 saturated heterocycles. The van der Waals surface area contributed by atoms with E-state index in [1.807, 2.05) is 6.92 Å². The van der Waals surface area contributed by atoms with Gasteiger partial charge in [-0.2, -0.15) is 0 Å². The SMILES string of the molecule is CC1CCc2cc(F)ccc2N1C(=O)c1ccc(Cl)c([N+](=O)[O-])c1. The lowest BCUT2D eigenvalue weighted by atomic mass is 9.95. The van der Waals surface area contributed by atoms with Crippen molar-refractivity contribution in [2.75, 3.05) is 4.90 Å². The Morgan fingerprint density at radius 2 is 2.08 bits per heavy atom. The predicted molar refractivity (Wildman–Crippen MR) is 89.1 cm³/mol. The Bertz CT molecular complexity index is 841. The minimum atomic E-state index is -0.623. The van der Waals surface area contributed by atoms with Crippen molar-refractivity contribution in [2.45, 2.75) is 25.8 Å². The van der Waals surface area contributed by atoms with Gasteiger partial charge in [0.25, 0.3) is 11.6 Å². The molecule has 1 aliphatic rings. The topological polar surface area (TPSA) is 63.5 Å². The zero-order chi connectivity index (χ0) is 17.4. The number of aryl methyl sites for hydroxylation is 1. The van der Waals surface area contributed by atoms with Crippen molar-refractivity contribution in [2.24, 2.45) is 0 Å². The van der Waals surface area contributed by atoms with Gasteiger partial charge in [-0.05, 0) is 55.7 Å². The van der Waals surface area contributed by atoms with E-state index in [0.29, 0.717) is 18.5 Å². The van der Waals surface area contributed by atoms with Gasteiger partial charge in [0, 0.05) is 23.4 Å². The molecule has 2 aromatic rings. The van der Waals surface area contributed by atoms with Crippen LogP contribution in [0.15, 0.2) is 36.4 Å². The predicted octanol–water partition coefficient (Wildman–Crippen LogP) is 4.37. The van der Waals surface area contributed by atoms with Gasteiger partial charge >= 0.3 is 0 Å². The number of carbonyl (C=O) groups is 1. The van der Waals surface area contributed by atoms with E-state index >= 15 is 0 Å². The highest BCUT2D eigenvalue weighted by molar-refractivity contribution is 6.32. The molecule has 2 aromatic carbocycles. The van der Waals surface area contributed by atoms with Gasteiger partial charge in [0.2, 0.25) is 0 Å². The van der Waals surface area contributed by atoms with Gasteiger partial charge in [-0.3, -0.25) is 14.9 Å². The molecule has 0 aliphatic carbocycles. The van der Waals surface area contributed by atoms with E-state index in [2.05, 4.69) is 0 Å². The number of nitro benzene ring substituents is 1. The standard InChI is InChI=1S/C17H14ClFN2O3/c1-10-2-3-11-8-13(19)5-7-15(11)20(10)17(22)12-4-6-14(18)16(9-12)21(23)24/h4-10H,2-3H2,1H3. The second kappa shape index (κ2) is 6.20. The number of hydrogen-bond donors (Lipinski definition) is 0. The maximum Gasteiger partial charge on any atom is 0.288 e. The summed E-state index contributed by atoms with van der Waals surface area (Å²) in [5.74, 6) is -0.715. The lowest BCUT2D eigenvalue weighted by Gasteiger charge is -2.35. The molecule has 0 radical (unpaired) electrons. The monoisotopic (exact) mass is 348 g/mol. The van der Waals surface area contributed by atoms with Crippen molar-refractivity contribution < 1.29 is 14.1 Å². The number of amides is 1. The third-order valence-electron chi connectivity index (χ3n) is 4.18. The highest BCUT2D eigenvalue weighted by Crippen LogP contribution is 2.33. The van der Waals surface area contributed by atoms with Crippen molar-refractivity contribution in [3.63, 3.8) is 0 Å². The Hall–Kier alpha value is -2.47. The van der Waals surface area contributed by atoms with Crippen LogP contribution in [0.2, 0.25) is 5.02 Å². The van der Waals surface area contributed by atoms with Crippen LogP contribution in [0.25, 0.3) is 0 Å². The van der Waals surface area contributed by atoms with E-state index in [1.54, 1.807) is 11.0 Å². The third kappa shape index (κ3) is 2.85. The number of nitrogens with zero attached hydrogens (tertiary/aromatic N) is 2. The zero-order valence-corrected chi connectivity index (χ0v) is 13.6. The summed E-state index contributed by atoms with van der Waals surface area (Å²) in [7, 11) is 0. The number of nitro groups is 1. The van der Waals surface area contributed by atoms with Crippen molar-refractivity contribution in [1.82, 2.24) is 0 Å². The van der Waals surface area contributed by atoms with Crippen LogP contribution in [0.5, 0.6) is 0 Å². The first-order valence-corrected chi connectivity index (χ1v) is 7.82.